The number of aromatic nitrogens is 3. The van der Waals surface area contributed by atoms with Gasteiger partial charge in [0.15, 0.2) is 11.0 Å². The minimum atomic E-state index is 0.264. The number of hydrogen-bond acceptors (Lipinski definition) is 5. The molecule has 0 aliphatic heterocycles. The molecule has 2 aromatic heterocycles. The molecule has 17 heavy (non-hydrogen) atoms. The highest BCUT2D eigenvalue weighted by molar-refractivity contribution is 6.32. The predicted octanol–water partition coefficient (Wildman–Crippen LogP) is 1.76. The molecule has 88 valence electrons. The predicted molar refractivity (Wildman–Crippen MR) is 67.9 cm³/mol. The number of nitrogens with two attached hydrogens (primary N) is 1. The second-order valence-corrected chi connectivity index (χ2v) is 3.78. The van der Waals surface area contributed by atoms with Crippen LogP contribution in [-0.2, 0) is 6.42 Å². The lowest BCUT2D eigenvalue weighted by Crippen LogP contribution is -2.09. The molecule has 6 heteroatoms. The summed E-state index contributed by atoms with van der Waals surface area (Å²) in [6.45, 7) is 0.689. The quantitative estimate of drug-likeness (QED) is 0.808. The summed E-state index contributed by atoms with van der Waals surface area (Å²) in [6, 6.07) is 5.81. The first-order valence-corrected chi connectivity index (χ1v) is 5.55. The molecule has 2 aromatic rings. The van der Waals surface area contributed by atoms with E-state index in [2.05, 4.69) is 20.3 Å². The molecule has 0 aliphatic rings. The Kier molecular flexibility index (Phi) is 3.72. The molecule has 0 radical (unpaired) electrons. The highest BCUT2D eigenvalue weighted by Gasteiger charge is 2.04. The Hall–Kier alpha value is -1.88. The first-order chi connectivity index (χ1) is 8.27. The van der Waals surface area contributed by atoms with Gasteiger partial charge in [0.2, 0.25) is 0 Å². The Bertz CT molecular complexity index is 488. The summed E-state index contributed by atoms with van der Waals surface area (Å²) in [5.41, 5.74) is 7.11. The molecule has 3 N–H and O–H groups in total. The highest BCUT2D eigenvalue weighted by Crippen LogP contribution is 2.21. The van der Waals surface area contributed by atoms with Crippen LogP contribution in [0, 0.1) is 0 Å². The van der Waals surface area contributed by atoms with Gasteiger partial charge in [-0.05, 0) is 12.1 Å². The molecule has 0 amide bonds. The number of halogens is 1. The van der Waals surface area contributed by atoms with E-state index in [1.54, 1.807) is 6.20 Å². The zero-order valence-electron chi connectivity index (χ0n) is 9.10. The molecule has 0 saturated heterocycles. The van der Waals surface area contributed by atoms with Crippen LogP contribution in [0.2, 0.25) is 5.15 Å². The number of anilines is 2. The van der Waals surface area contributed by atoms with E-state index in [4.69, 9.17) is 17.3 Å². The fraction of sp³-hybridized carbons (Fsp3) is 0.182. The summed E-state index contributed by atoms with van der Waals surface area (Å²) >= 11 is 5.78. The molecule has 0 aliphatic carbocycles. The third-order valence-corrected chi connectivity index (χ3v) is 2.54. The van der Waals surface area contributed by atoms with Crippen LogP contribution >= 0.6 is 11.6 Å². The monoisotopic (exact) mass is 249 g/mol. The number of pyridine rings is 1. The van der Waals surface area contributed by atoms with Gasteiger partial charge in [0.05, 0.1) is 0 Å². The fourth-order valence-electron chi connectivity index (χ4n) is 1.37. The van der Waals surface area contributed by atoms with Crippen LogP contribution in [0.1, 0.15) is 5.69 Å². The smallest absolute Gasteiger partial charge is 0.157 e. The van der Waals surface area contributed by atoms with Crippen molar-refractivity contribution in [2.45, 2.75) is 6.42 Å². The number of hydrogen-bond donors (Lipinski definition) is 2. The lowest BCUT2D eigenvalue weighted by atomic mass is 10.3. The van der Waals surface area contributed by atoms with Crippen molar-refractivity contribution >= 4 is 23.1 Å². The highest BCUT2D eigenvalue weighted by atomic mass is 35.5. The molecule has 0 spiro atoms. The second kappa shape index (κ2) is 5.45. The zero-order valence-corrected chi connectivity index (χ0v) is 9.85. The summed E-state index contributed by atoms with van der Waals surface area (Å²) in [4.78, 5) is 12.0. The Morgan fingerprint density at radius 2 is 2.12 bits per heavy atom. The summed E-state index contributed by atoms with van der Waals surface area (Å²) in [7, 11) is 0. The van der Waals surface area contributed by atoms with E-state index in [1.807, 2.05) is 18.2 Å². The fourth-order valence-corrected chi connectivity index (χ4v) is 1.50. The normalized spacial score (nSPS) is 10.2. The summed E-state index contributed by atoms with van der Waals surface area (Å²) in [5, 5.41) is 3.37. The molecule has 0 bridgehead atoms. The van der Waals surface area contributed by atoms with Crippen molar-refractivity contribution in [1.29, 1.82) is 0 Å². The van der Waals surface area contributed by atoms with Crippen LogP contribution in [0.4, 0.5) is 11.5 Å². The standard InChI is InChI=1S/C11H12ClN5/c12-10-9(13)11(17-7-16-10)15-6-4-8-3-1-2-5-14-8/h1-3,5,7H,4,6,13H2,(H,15,16,17). The SMILES string of the molecule is Nc1c(Cl)ncnc1NCCc1ccccn1. The zero-order chi connectivity index (χ0) is 12.1. The molecule has 0 unspecified atom stereocenters. The first-order valence-electron chi connectivity index (χ1n) is 5.17. The molecular weight excluding hydrogens is 238 g/mol. The van der Waals surface area contributed by atoms with Gasteiger partial charge in [-0.3, -0.25) is 4.98 Å². The Morgan fingerprint density at radius 3 is 2.88 bits per heavy atom. The molecular formula is C11H12ClN5. The molecule has 0 aromatic carbocycles. The minimum absolute atomic E-state index is 0.264. The van der Waals surface area contributed by atoms with Gasteiger partial charge in [-0.25, -0.2) is 9.97 Å². The van der Waals surface area contributed by atoms with E-state index in [1.165, 1.54) is 6.33 Å². The average Bonchev–Trinajstić information content (AvgIpc) is 2.36. The van der Waals surface area contributed by atoms with Gasteiger partial charge in [-0.1, -0.05) is 17.7 Å². The number of nitrogens with one attached hydrogen (secondary N) is 1. The van der Waals surface area contributed by atoms with Crippen molar-refractivity contribution in [3.05, 3.63) is 41.6 Å². The Labute approximate surface area is 104 Å². The van der Waals surface area contributed by atoms with Gasteiger partial charge < -0.3 is 11.1 Å². The van der Waals surface area contributed by atoms with Crippen LogP contribution in [0.5, 0.6) is 0 Å². The first kappa shape index (κ1) is 11.6. The minimum Gasteiger partial charge on any atom is -0.393 e. The maximum atomic E-state index is 5.78. The maximum Gasteiger partial charge on any atom is 0.157 e. The van der Waals surface area contributed by atoms with Crippen molar-refractivity contribution < 1.29 is 0 Å². The maximum absolute atomic E-state index is 5.78. The molecule has 0 saturated carbocycles. The number of nitrogens with zero attached hydrogens (tertiary/aromatic N) is 3. The molecule has 0 atom stereocenters. The van der Waals surface area contributed by atoms with Crippen molar-refractivity contribution in [3.8, 4) is 0 Å². The van der Waals surface area contributed by atoms with Gasteiger partial charge in [0.1, 0.15) is 12.0 Å². The van der Waals surface area contributed by atoms with Gasteiger partial charge in [-0.15, -0.1) is 0 Å². The largest absolute Gasteiger partial charge is 0.393 e. The Morgan fingerprint density at radius 1 is 1.24 bits per heavy atom. The Balaban J connectivity index is 1.93. The van der Waals surface area contributed by atoms with Gasteiger partial charge >= 0.3 is 0 Å². The van der Waals surface area contributed by atoms with Gasteiger partial charge in [-0.2, -0.15) is 0 Å². The molecule has 5 nitrogen and oxygen atoms in total. The van der Waals surface area contributed by atoms with Crippen LogP contribution in [0.25, 0.3) is 0 Å². The van der Waals surface area contributed by atoms with E-state index in [0.717, 1.165) is 12.1 Å². The third kappa shape index (κ3) is 3.04. The van der Waals surface area contributed by atoms with Crippen molar-refractivity contribution in [2.75, 3.05) is 17.6 Å². The van der Waals surface area contributed by atoms with Crippen molar-refractivity contribution in [3.63, 3.8) is 0 Å². The van der Waals surface area contributed by atoms with Gasteiger partial charge in [0, 0.05) is 24.9 Å². The van der Waals surface area contributed by atoms with Crippen molar-refractivity contribution in [1.82, 2.24) is 15.0 Å². The van der Waals surface area contributed by atoms with E-state index < -0.39 is 0 Å². The summed E-state index contributed by atoms with van der Waals surface area (Å²) < 4.78 is 0. The van der Waals surface area contributed by atoms with Crippen molar-refractivity contribution in [2.24, 2.45) is 0 Å². The third-order valence-electron chi connectivity index (χ3n) is 2.24. The number of nitrogen functional groups attached to an aromatic ring is 1. The van der Waals surface area contributed by atoms with Crippen LogP contribution in [0.3, 0.4) is 0 Å². The number of rotatable bonds is 4. The van der Waals surface area contributed by atoms with E-state index in [9.17, 15) is 0 Å². The van der Waals surface area contributed by atoms with Gasteiger partial charge in [0.25, 0.3) is 0 Å². The average molecular weight is 250 g/mol. The lowest BCUT2D eigenvalue weighted by molar-refractivity contribution is 0.952. The summed E-state index contributed by atoms with van der Waals surface area (Å²) in [5.74, 6) is 0.556. The van der Waals surface area contributed by atoms with Crippen LogP contribution in [0.15, 0.2) is 30.7 Å². The summed E-state index contributed by atoms with van der Waals surface area (Å²) in [6.07, 6.45) is 3.94. The molecule has 2 rings (SSSR count). The molecule has 0 fully saturated rings. The lowest BCUT2D eigenvalue weighted by Gasteiger charge is -2.07. The van der Waals surface area contributed by atoms with E-state index in [-0.39, 0.29) is 5.15 Å². The van der Waals surface area contributed by atoms with Crippen LogP contribution < -0.4 is 11.1 Å². The second-order valence-electron chi connectivity index (χ2n) is 3.42. The topological polar surface area (TPSA) is 76.7 Å². The van der Waals surface area contributed by atoms with E-state index >= 15 is 0 Å². The van der Waals surface area contributed by atoms with E-state index in [0.29, 0.717) is 18.1 Å². The van der Waals surface area contributed by atoms with Crippen LogP contribution in [-0.4, -0.2) is 21.5 Å². The molecule has 2 heterocycles.